The van der Waals surface area contributed by atoms with E-state index in [-0.39, 0.29) is 30.0 Å². The fourth-order valence-corrected chi connectivity index (χ4v) is 2.72. The molecule has 1 aliphatic rings. The van der Waals surface area contributed by atoms with Crippen LogP contribution in [-0.4, -0.2) is 40.6 Å². The van der Waals surface area contributed by atoms with Crippen LogP contribution >= 0.6 is 0 Å². The first kappa shape index (κ1) is 18.6. The van der Waals surface area contributed by atoms with Crippen LogP contribution in [0.15, 0.2) is 48.5 Å². The molecule has 0 bridgehead atoms. The van der Waals surface area contributed by atoms with Gasteiger partial charge < -0.3 is 25.6 Å². The maximum absolute atomic E-state index is 11.7. The molecule has 1 heterocycles. The van der Waals surface area contributed by atoms with Crippen LogP contribution in [0.3, 0.4) is 0 Å². The topological polar surface area (TPSA) is 125 Å². The van der Waals surface area contributed by atoms with Crippen molar-refractivity contribution >= 4 is 23.5 Å². The molecule has 1 aliphatic heterocycles. The van der Waals surface area contributed by atoms with Gasteiger partial charge in [0.05, 0.1) is 11.3 Å². The largest absolute Gasteiger partial charge is 0.445 e. The third-order valence-corrected chi connectivity index (χ3v) is 4.14. The van der Waals surface area contributed by atoms with Gasteiger partial charge in [0.15, 0.2) is 0 Å². The fraction of sp³-hybridized carbons (Fsp3) is 0.211. The Hall–Kier alpha value is -3.23. The summed E-state index contributed by atoms with van der Waals surface area (Å²) in [6.45, 7) is -0.202. The summed E-state index contributed by atoms with van der Waals surface area (Å²) in [6, 6.07) is 13.5. The summed E-state index contributed by atoms with van der Waals surface area (Å²) < 4.78 is 5.02. The Kier molecular flexibility index (Phi) is 5.49. The van der Waals surface area contributed by atoms with Crippen molar-refractivity contribution < 1.29 is 29.3 Å². The lowest BCUT2D eigenvalue weighted by Crippen LogP contribution is -2.36. The van der Waals surface area contributed by atoms with Gasteiger partial charge in [-0.1, -0.05) is 42.5 Å². The van der Waals surface area contributed by atoms with Crippen LogP contribution in [0.4, 0.5) is 10.5 Å². The Bertz CT molecular complexity index is 868. The first-order valence-corrected chi connectivity index (χ1v) is 8.26. The van der Waals surface area contributed by atoms with Crippen LogP contribution in [0.5, 0.6) is 0 Å². The molecule has 140 valence electrons. The van der Waals surface area contributed by atoms with Crippen molar-refractivity contribution in [2.24, 2.45) is 0 Å². The van der Waals surface area contributed by atoms with Crippen molar-refractivity contribution in [3.8, 4) is 0 Å². The lowest BCUT2D eigenvalue weighted by atomic mass is 9.99. The van der Waals surface area contributed by atoms with E-state index in [1.165, 1.54) is 18.2 Å². The van der Waals surface area contributed by atoms with E-state index < -0.39 is 30.0 Å². The zero-order valence-corrected chi connectivity index (χ0v) is 14.2. The summed E-state index contributed by atoms with van der Waals surface area (Å²) in [5, 5.41) is 25.2. The van der Waals surface area contributed by atoms with E-state index in [9.17, 15) is 24.6 Å². The Balaban J connectivity index is 1.56. The second-order valence-corrected chi connectivity index (χ2v) is 6.01. The SMILES string of the molecule is O=C(NCC(O)C(O)c1cccc2c1NC(=O)C2=O)OCc1ccccc1. The molecule has 0 aliphatic carbocycles. The molecular weight excluding hydrogens is 352 g/mol. The second-order valence-electron chi connectivity index (χ2n) is 6.01. The average Bonchev–Trinajstić information content (AvgIpc) is 2.99. The van der Waals surface area contributed by atoms with Crippen LogP contribution in [-0.2, 0) is 16.1 Å². The van der Waals surface area contributed by atoms with Gasteiger partial charge in [0, 0.05) is 12.1 Å². The predicted octanol–water partition coefficient (Wildman–Crippen LogP) is 1.14. The predicted molar refractivity (Wildman–Crippen MR) is 95.0 cm³/mol. The molecule has 4 N–H and O–H groups in total. The number of aliphatic hydroxyl groups excluding tert-OH is 2. The van der Waals surface area contributed by atoms with Gasteiger partial charge in [-0.2, -0.15) is 0 Å². The van der Waals surface area contributed by atoms with Crippen molar-refractivity contribution in [3.05, 3.63) is 65.2 Å². The Morgan fingerprint density at radius 2 is 1.81 bits per heavy atom. The molecule has 8 nitrogen and oxygen atoms in total. The number of benzene rings is 2. The number of nitrogens with one attached hydrogen (secondary N) is 2. The number of hydrogen-bond donors (Lipinski definition) is 4. The lowest BCUT2D eigenvalue weighted by Gasteiger charge is -2.20. The Morgan fingerprint density at radius 3 is 2.56 bits per heavy atom. The van der Waals surface area contributed by atoms with Crippen molar-refractivity contribution in [3.63, 3.8) is 0 Å². The number of alkyl carbamates (subject to hydrolysis) is 1. The number of carbonyl (C=O) groups excluding carboxylic acids is 3. The van der Waals surface area contributed by atoms with Gasteiger partial charge in [-0.3, -0.25) is 9.59 Å². The number of anilines is 1. The molecule has 0 fully saturated rings. The highest BCUT2D eigenvalue weighted by atomic mass is 16.5. The van der Waals surface area contributed by atoms with E-state index in [1.54, 1.807) is 12.1 Å². The van der Waals surface area contributed by atoms with Crippen LogP contribution in [0.2, 0.25) is 0 Å². The van der Waals surface area contributed by atoms with E-state index in [0.717, 1.165) is 5.56 Å². The molecule has 0 aromatic heterocycles. The summed E-state index contributed by atoms with van der Waals surface area (Å²) >= 11 is 0. The summed E-state index contributed by atoms with van der Waals surface area (Å²) in [7, 11) is 0. The van der Waals surface area contributed by atoms with Crippen molar-refractivity contribution in [1.82, 2.24) is 5.32 Å². The maximum Gasteiger partial charge on any atom is 0.407 e. The lowest BCUT2D eigenvalue weighted by molar-refractivity contribution is -0.112. The molecule has 2 aromatic rings. The molecule has 2 atom stereocenters. The van der Waals surface area contributed by atoms with Crippen LogP contribution in [0.1, 0.15) is 27.6 Å². The van der Waals surface area contributed by atoms with Crippen molar-refractivity contribution in [2.75, 3.05) is 11.9 Å². The van der Waals surface area contributed by atoms with E-state index >= 15 is 0 Å². The Labute approximate surface area is 154 Å². The van der Waals surface area contributed by atoms with Crippen LogP contribution in [0.25, 0.3) is 0 Å². The first-order chi connectivity index (χ1) is 13.0. The molecule has 0 saturated heterocycles. The van der Waals surface area contributed by atoms with Gasteiger partial charge in [-0.05, 0) is 11.6 Å². The Morgan fingerprint density at radius 1 is 1.07 bits per heavy atom. The third-order valence-electron chi connectivity index (χ3n) is 4.14. The van der Waals surface area contributed by atoms with Crippen molar-refractivity contribution in [2.45, 2.75) is 18.8 Å². The first-order valence-electron chi connectivity index (χ1n) is 8.26. The van der Waals surface area contributed by atoms with Gasteiger partial charge in [0.2, 0.25) is 0 Å². The molecule has 0 radical (unpaired) electrons. The highest BCUT2D eigenvalue weighted by Gasteiger charge is 2.33. The van der Waals surface area contributed by atoms with E-state index in [0.29, 0.717) is 0 Å². The van der Waals surface area contributed by atoms with Gasteiger partial charge >= 0.3 is 6.09 Å². The minimum Gasteiger partial charge on any atom is -0.445 e. The minimum atomic E-state index is -1.42. The molecule has 8 heteroatoms. The zero-order valence-electron chi connectivity index (χ0n) is 14.2. The zero-order chi connectivity index (χ0) is 19.4. The quantitative estimate of drug-likeness (QED) is 0.565. The van der Waals surface area contributed by atoms with Crippen molar-refractivity contribution in [1.29, 1.82) is 0 Å². The molecule has 0 saturated carbocycles. The molecule has 0 spiro atoms. The average molecular weight is 370 g/mol. The normalized spacial score (nSPS) is 14.9. The number of para-hydroxylation sites is 1. The molecule has 2 unspecified atom stereocenters. The monoisotopic (exact) mass is 370 g/mol. The van der Waals surface area contributed by atoms with E-state index in [4.69, 9.17) is 4.74 Å². The number of carbonyl (C=O) groups is 3. The fourth-order valence-electron chi connectivity index (χ4n) is 2.72. The van der Waals surface area contributed by atoms with Crippen LogP contribution in [0, 0.1) is 0 Å². The number of Topliss-reactive ketones (excluding diaryl/α,β-unsaturated/α-hetero) is 1. The highest BCUT2D eigenvalue weighted by molar-refractivity contribution is 6.51. The maximum atomic E-state index is 11.7. The summed E-state index contributed by atoms with van der Waals surface area (Å²) in [5.74, 6) is -1.49. The van der Waals surface area contributed by atoms with Gasteiger partial charge in [0.1, 0.15) is 18.8 Å². The number of ether oxygens (including phenoxy) is 1. The van der Waals surface area contributed by atoms with Gasteiger partial charge in [-0.25, -0.2) is 4.79 Å². The smallest absolute Gasteiger partial charge is 0.407 e. The molecule has 3 rings (SSSR count). The molecular formula is C19H18N2O6. The summed E-state index contributed by atoms with van der Waals surface area (Å²) in [5.41, 5.74) is 1.32. The number of amides is 2. The third kappa shape index (κ3) is 4.13. The number of ketones is 1. The van der Waals surface area contributed by atoms with E-state index in [1.807, 2.05) is 18.2 Å². The minimum absolute atomic E-state index is 0.0751. The second kappa shape index (κ2) is 7.98. The molecule has 2 amide bonds. The molecule has 2 aromatic carbocycles. The van der Waals surface area contributed by atoms with Gasteiger partial charge in [0.25, 0.3) is 11.7 Å². The number of fused-ring (bicyclic) bond motifs is 1. The van der Waals surface area contributed by atoms with Crippen LogP contribution < -0.4 is 10.6 Å². The number of rotatable bonds is 6. The van der Waals surface area contributed by atoms with Gasteiger partial charge in [-0.15, -0.1) is 0 Å². The summed E-state index contributed by atoms with van der Waals surface area (Å²) in [4.78, 5) is 34.9. The number of aliphatic hydroxyl groups is 2. The molecule has 27 heavy (non-hydrogen) atoms. The highest BCUT2D eigenvalue weighted by Crippen LogP contribution is 2.32. The summed E-state index contributed by atoms with van der Waals surface area (Å²) in [6.07, 6.45) is -3.53. The standard InChI is InChI=1S/C19H18N2O6/c22-14(9-20-19(26)27-10-11-5-2-1-3-6-11)16(23)12-7-4-8-13-15(12)21-18(25)17(13)24/h1-8,14,16,22-23H,9-10H2,(H,20,26)(H,21,24,25). The number of hydrogen-bond acceptors (Lipinski definition) is 6. The van der Waals surface area contributed by atoms with E-state index in [2.05, 4.69) is 10.6 Å².